The van der Waals surface area contributed by atoms with Crippen LogP contribution in [0, 0.1) is 0 Å². The Morgan fingerprint density at radius 2 is 1.24 bits per heavy atom. The smallest absolute Gasteiger partial charge is 0.203 e. The molecule has 2 rings (SSSR count). The van der Waals surface area contributed by atoms with Crippen LogP contribution in [0.2, 0.25) is 0 Å². The molecule has 0 amide bonds. The number of methoxy groups -OCH3 is 5. The van der Waals surface area contributed by atoms with Gasteiger partial charge in [-0.1, -0.05) is 17.3 Å². The molecule has 0 radical (unpaired) electrons. The van der Waals surface area contributed by atoms with E-state index in [0.717, 1.165) is 0 Å². The number of benzene rings is 2. The summed E-state index contributed by atoms with van der Waals surface area (Å²) in [6.45, 7) is 0.327. The van der Waals surface area contributed by atoms with Crippen LogP contribution in [0.5, 0.6) is 34.5 Å². The third-order valence-corrected chi connectivity index (χ3v) is 4.55. The normalized spacial score (nSPS) is 10.6. The first-order valence-corrected chi connectivity index (χ1v) is 10.1. The van der Waals surface area contributed by atoms with Crippen LogP contribution >= 0.6 is 0 Å². The van der Waals surface area contributed by atoms with Crippen molar-refractivity contribution in [3.63, 3.8) is 0 Å². The van der Waals surface area contributed by atoms with Crippen LogP contribution in [0.3, 0.4) is 0 Å². The predicted molar refractivity (Wildman–Crippen MR) is 128 cm³/mol. The van der Waals surface area contributed by atoms with Crippen LogP contribution in [0.1, 0.15) is 11.1 Å². The highest BCUT2D eigenvalue weighted by atomic mass is 16.5. The van der Waals surface area contributed by atoms with Crippen LogP contribution in [0.25, 0.3) is 22.6 Å². The molecular weight excluding hydrogens is 442 g/mol. The third-order valence-electron chi connectivity index (χ3n) is 4.55. The fourth-order valence-electron chi connectivity index (χ4n) is 2.98. The van der Waals surface area contributed by atoms with Gasteiger partial charge in [0.1, 0.15) is 0 Å². The molecule has 34 heavy (non-hydrogen) atoms. The van der Waals surface area contributed by atoms with Gasteiger partial charge in [-0.25, -0.2) is 0 Å². The first-order chi connectivity index (χ1) is 16.5. The summed E-state index contributed by atoms with van der Waals surface area (Å²) < 4.78 is 32.4. The van der Waals surface area contributed by atoms with Crippen molar-refractivity contribution in [1.29, 1.82) is 0 Å². The largest absolute Gasteiger partial charge is 0.493 e. The maximum atomic E-state index is 12.4. The average Bonchev–Trinajstić information content (AvgIpc) is 2.87. The summed E-state index contributed by atoms with van der Waals surface area (Å²) in [6, 6.07) is 6.90. The zero-order valence-corrected chi connectivity index (χ0v) is 19.7. The Morgan fingerprint density at radius 3 is 1.62 bits per heavy atom. The SMILES string of the molecule is COc1cc(/C=C/C(=O)/C=C/c2cc(OC)c(OCCN=[N+]=[N-])c(OC)c2)cc(OC)c1OC. The number of ether oxygens (including phenoxy) is 6. The lowest BCUT2D eigenvalue weighted by Gasteiger charge is -2.14. The van der Waals surface area contributed by atoms with E-state index in [2.05, 4.69) is 10.0 Å². The van der Waals surface area contributed by atoms with Gasteiger partial charge in [-0.05, 0) is 53.1 Å². The molecule has 0 aliphatic rings. The Kier molecular flexibility index (Phi) is 10.1. The second kappa shape index (κ2) is 13.3. The first kappa shape index (κ1) is 26.0. The van der Waals surface area contributed by atoms with Gasteiger partial charge in [0.05, 0.1) is 48.7 Å². The van der Waals surface area contributed by atoms with Crippen molar-refractivity contribution in [2.24, 2.45) is 5.11 Å². The molecule has 10 nitrogen and oxygen atoms in total. The molecule has 0 bridgehead atoms. The Labute approximate surface area is 197 Å². The Morgan fingerprint density at radius 1 is 0.794 bits per heavy atom. The van der Waals surface area contributed by atoms with E-state index in [1.165, 1.54) is 47.7 Å². The lowest BCUT2D eigenvalue weighted by molar-refractivity contribution is -0.110. The Bertz CT molecular complexity index is 1060. The monoisotopic (exact) mass is 469 g/mol. The van der Waals surface area contributed by atoms with Crippen LogP contribution in [-0.4, -0.2) is 54.5 Å². The predicted octanol–water partition coefficient (Wildman–Crippen LogP) is 4.71. The maximum Gasteiger partial charge on any atom is 0.203 e. The number of hydrogen-bond donors (Lipinski definition) is 0. The summed E-state index contributed by atoms with van der Waals surface area (Å²) in [7, 11) is 7.56. The van der Waals surface area contributed by atoms with Gasteiger partial charge in [-0.2, -0.15) is 0 Å². The van der Waals surface area contributed by atoms with Crippen molar-refractivity contribution in [3.8, 4) is 34.5 Å². The number of ketones is 1. The number of hydrogen-bond acceptors (Lipinski definition) is 8. The van der Waals surface area contributed by atoms with E-state index in [4.69, 9.17) is 34.0 Å². The minimum Gasteiger partial charge on any atom is -0.493 e. The third kappa shape index (κ3) is 6.85. The fraction of sp³-hybridized carbons (Fsp3) is 0.292. The maximum absolute atomic E-state index is 12.4. The molecular formula is C24H27N3O7. The molecule has 2 aromatic rings. The first-order valence-electron chi connectivity index (χ1n) is 10.1. The highest BCUT2D eigenvalue weighted by molar-refractivity contribution is 6.04. The topological polar surface area (TPSA) is 121 Å². The molecule has 180 valence electrons. The van der Waals surface area contributed by atoms with Gasteiger partial charge in [-0.15, -0.1) is 0 Å². The van der Waals surface area contributed by atoms with E-state index in [0.29, 0.717) is 45.6 Å². The summed E-state index contributed by atoms with van der Waals surface area (Å²) in [6.07, 6.45) is 6.14. The lowest BCUT2D eigenvalue weighted by atomic mass is 10.1. The van der Waals surface area contributed by atoms with Crippen LogP contribution in [0.15, 0.2) is 41.5 Å². The molecule has 0 spiro atoms. The second-order valence-corrected chi connectivity index (χ2v) is 6.59. The van der Waals surface area contributed by atoms with Gasteiger partial charge in [0.2, 0.25) is 11.5 Å². The summed E-state index contributed by atoms with van der Waals surface area (Å²) in [5, 5.41) is 3.43. The second-order valence-electron chi connectivity index (χ2n) is 6.59. The summed E-state index contributed by atoms with van der Waals surface area (Å²) in [5.74, 6) is 2.43. The zero-order valence-electron chi connectivity index (χ0n) is 19.7. The standard InChI is InChI=1S/C24H27N3O7/c1-29-19-12-16(13-20(30-2)23(19)33-5)6-8-18(28)9-7-17-14-21(31-3)24(22(15-17)32-4)34-11-10-26-27-25/h6-9,12-15H,10-11H2,1-5H3/b8-6+,9-7+. The molecule has 0 saturated heterocycles. The minimum absolute atomic E-state index is 0.163. The van der Waals surface area contributed by atoms with Crippen LogP contribution < -0.4 is 28.4 Å². The molecule has 0 saturated carbocycles. The van der Waals surface area contributed by atoms with Gasteiger partial charge in [-0.3, -0.25) is 4.79 Å². The summed E-state index contributed by atoms with van der Waals surface area (Å²) >= 11 is 0. The molecule has 0 heterocycles. The molecule has 0 unspecified atom stereocenters. The molecule has 0 aliphatic carbocycles. The van der Waals surface area contributed by atoms with Crippen LogP contribution in [0.4, 0.5) is 0 Å². The van der Waals surface area contributed by atoms with E-state index in [-0.39, 0.29) is 18.9 Å². The molecule has 0 atom stereocenters. The van der Waals surface area contributed by atoms with E-state index in [9.17, 15) is 4.79 Å². The van der Waals surface area contributed by atoms with Gasteiger partial charge < -0.3 is 28.4 Å². The summed E-state index contributed by atoms with van der Waals surface area (Å²) in [5.41, 5.74) is 9.76. The highest BCUT2D eigenvalue weighted by Gasteiger charge is 2.14. The van der Waals surface area contributed by atoms with Crippen molar-refractivity contribution < 1.29 is 33.2 Å². The molecule has 10 heteroatoms. The highest BCUT2D eigenvalue weighted by Crippen LogP contribution is 2.39. The lowest BCUT2D eigenvalue weighted by Crippen LogP contribution is -2.04. The van der Waals surface area contributed by atoms with Crippen molar-refractivity contribution in [2.45, 2.75) is 0 Å². The zero-order chi connectivity index (χ0) is 24.9. The molecule has 0 fully saturated rings. The Balaban J connectivity index is 2.20. The van der Waals surface area contributed by atoms with E-state index >= 15 is 0 Å². The van der Waals surface area contributed by atoms with E-state index in [1.54, 1.807) is 36.4 Å². The van der Waals surface area contributed by atoms with Gasteiger partial charge in [0, 0.05) is 4.91 Å². The number of azide groups is 1. The van der Waals surface area contributed by atoms with Crippen LogP contribution in [-0.2, 0) is 4.79 Å². The number of allylic oxidation sites excluding steroid dienone is 2. The molecule has 2 aromatic carbocycles. The Hall–Kier alpha value is -4.30. The number of carbonyl (C=O) groups excluding carboxylic acids is 1. The molecule has 0 aliphatic heterocycles. The quantitative estimate of drug-likeness (QED) is 0.137. The average molecular weight is 469 g/mol. The molecule has 0 N–H and O–H groups in total. The minimum atomic E-state index is -0.235. The number of carbonyl (C=O) groups is 1. The van der Waals surface area contributed by atoms with Crippen molar-refractivity contribution >= 4 is 17.9 Å². The van der Waals surface area contributed by atoms with Crippen molar-refractivity contribution in [3.05, 3.63) is 58.0 Å². The van der Waals surface area contributed by atoms with Gasteiger partial charge in [0.25, 0.3) is 0 Å². The van der Waals surface area contributed by atoms with E-state index in [1.807, 2.05) is 0 Å². The number of rotatable bonds is 13. The van der Waals surface area contributed by atoms with Crippen molar-refractivity contribution in [2.75, 3.05) is 48.7 Å². The molecule has 0 aromatic heterocycles. The van der Waals surface area contributed by atoms with Gasteiger partial charge in [0.15, 0.2) is 28.8 Å². The fourth-order valence-corrected chi connectivity index (χ4v) is 2.98. The summed E-state index contributed by atoms with van der Waals surface area (Å²) in [4.78, 5) is 15.1. The van der Waals surface area contributed by atoms with Crippen molar-refractivity contribution in [1.82, 2.24) is 0 Å². The van der Waals surface area contributed by atoms with E-state index < -0.39 is 0 Å². The van der Waals surface area contributed by atoms with Gasteiger partial charge >= 0.3 is 0 Å². The number of nitrogens with zero attached hydrogens (tertiary/aromatic N) is 3.